The van der Waals surface area contributed by atoms with Gasteiger partial charge in [0, 0.05) is 32.0 Å². The highest BCUT2D eigenvalue weighted by molar-refractivity contribution is 7.13. The number of thiazole rings is 1. The second-order valence-corrected chi connectivity index (χ2v) is 6.99. The molecule has 3 rings (SSSR count). The van der Waals surface area contributed by atoms with Crippen molar-refractivity contribution in [1.29, 1.82) is 0 Å². The molecule has 122 valence electrons. The molecular weight excluding hydrogens is 314 g/mol. The molecule has 2 aromatic heterocycles. The molecule has 23 heavy (non-hydrogen) atoms. The molecule has 2 N–H and O–H groups in total. The van der Waals surface area contributed by atoms with E-state index in [0.29, 0.717) is 24.4 Å². The molecule has 1 amide bonds. The summed E-state index contributed by atoms with van der Waals surface area (Å²) in [6, 6.07) is 0. The van der Waals surface area contributed by atoms with Gasteiger partial charge in [-0.25, -0.2) is 9.97 Å². The summed E-state index contributed by atoms with van der Waals surface area (Å²) in [6.45, 7) is 5.01. The van der Waals surface area contributed by atoms with Crippen LogP contribution in [-0.2, 0) is 0 Å². The monoisotopic (exact) mass is 333 g/mol. The van der Waals surface area contributed by atoms with Gasteiger partial charge in [-0.15, -0.1) is 11.3 Å². The van der Waals surface area contributed by atoms with Gasteiger partial charge >= 0.3 is 0 Å². The summed E-state index contributed by atoms with van der Waals surface area (Å²) in [4.78, 5) is 27.4. The fourth-order valence-electron chi connectivity index (χ4n) is 2.72. The molecule has 2 aromatic rings. The first-order chi connectivity index (χ1) is 11.0. The fraction of sp³-hybridized carbons (Fsp3) is 0.467. The maximum Gasteiger partial charge on any atom is 0.263 e. The number of hydrogen-bond acceptors (Lipinski definition) is 7. The van der Waals surface area contributed by atoms with Crippen LogP contribution in [0.5, 0.6) is 0 Å². The lowest BCUT2D eigenvalue weighted by Crippen LogP contribution is -2.45. The molecule has 1 fully saturated rings. The second-order valence-electron chi connectivity index (χ2n) is 5.79. The van der Waals surface area contributed by atoms with Crippen LogP contribution >= 0.6 is 11.3 Å². The highest BCUT2D eigenvalue weighted by Crippen LogP contribution is 2.25. The minimum absolute atomic E-state index is 0.181. The first kappa shape index (κ1) is 15.8. The molecule has 1 saturated heterocycles. The van der Waals surface area contributed by atoms with Gasteiger partial charge in [-0.2, -0.15) is 0 Å². The number of nitrogens with zero attached hydrogens (tertiary/aromatic N) is 4. The van der Waals surface area contributed by atoms with E-state index in [4.69, 9.17) is 0 Å². The lowest BCUT2D eigenvalue weighted by Gasteiger charge is -2.24. The average molecular weight is 333 g/mol. The van der Waals surface area contributed by atoms with E-state index in [1.807, 2.05) is 18.7 Å². The van der Waals surface area contributed by atoms with Crippen molar-refractivity contribution in [2.75, 3.05) is 24.5 Å². The Hall–Kier alpha value is -2.06. The van der Waals surface area contributed by atoms with Crippen molar-refractivity contribution in [1.82, 2.24) is 20.3 Å². The number of rotatable bonds is 4. The molecule has 0 spiro atoms. The van der Waals surface area contributed by atoms with Gasteiger partial charge in [0.15, 0.2) is 0 Å². The number of hydrogen-bond donors (Lipinski definition) is 2. The Morgan fingerprint density at radius 2 is 2.30 bits per heavy atom. The Kier molecular flexibility index (Phi) is 4.27. The van der Waals surface area contributed by atoms with Crippen LogP contribution in [0.2, 0.25) is 0 Å². The SMILES string of the molecule is Cc1nc(C)c(C(=O)NCC2(O)CCN(c3cnccn3)C2)s1. The topological polar surface area (TPSA) is 91.2 Å². The van der Waals surface area contributed by atoms with Gasteiger partial charge in [-0.05, 0) is 20.3 Å². The van der Waals surface area contributed by atoms with Gasteiger partial charge in [0.05, 0.1) is 16.9 Å². The highest BCUT2D eigenvalue weighted by Gasteiger charge is 2.37. The number of amides is 1. The smallest absolute Gasteiger partial charge is 0.263 e. The molecule has 7 nitrogen and oxygen atoms in total. The molecule has 0 saturated carbocycles. The maximum absolute atomic E-state index is 12.2. The van der Waals surface area contributed by atoms with Crippen LogP contribution in [-0.4, -0.2) is 51.2 Å². The van der Waals surface area contributed by atoms with Crippen molar-refractivity contribution < 1.29 is 9.90 Å². The maximum atomic E-state index is 12.2. The van der Waals surface area contributed by atoms with E-state index in [9.17, 15) is 9.90 Å². The number of aliphatic hydroxyl groups is 1. The number of aryl methyl sites for hydroxylation is 2. The summed E-state index contributed by atoms with van der Waals surface area (Å²) in [5.41, 5.74) is -0.231. The lowest BCUT2D eigenvalue weighted by atomic mass is 10.0. The van der Waals surface area contributed by atoms with Crippen LogP contribution in [0, 0.1) is 13.8 Å². The molecule has 0 bridgehead atoms. The first-order valence-corrected chi connectivity index (χ1v) is 8.24. The molecule has 1 unspecified atom stereocenters. The number of aromatic nitrogens is 3. The molecule has 0 radical (unpaired) electrons. The number of anilines is 1. The summed E-state index contributed by atoms with van der Waals surface area (Å²) in [5.74, 6) is 0.558. The van der Waals surface area contributed by atoms with Crippen LogP contribution in [0.1, 0.15) is 26.8 Å². The molecule has 8 heteroatoms. The van der Waals surface area contributed by atoms with E-state index in [1.54, 1.807) is 18.6 Å². The van der Waals surface area contributed by atoms with Crippen LogP contribution in [0.25, 0.3) is 0 Å². The zero-order valence-corrected chi connectivity index (χ0v) is 13.9. The molecule has 1 aliphatic rings. The summed E-state index contributed by atoms with van der Waals surface area (Å²) < 4.78 is 0. The largest absolute Gasteiger partial charge is 0.386 e. The van der Waals surface area contributed by atoms with Crippen LogP contribution < -0.4 is 10.2 Å². The molecule has 0 aliphatic carbocycles. The zero-order chi connectivity index (χ0) is 16.4. The normalized spacial score (nSPS) is 20.7. The third-order valence-corrected chi connectivity index (χ3v) is 4.97. The predicted octanol–water partition coefficient (Wildman–Crippen LogP) is 0.921. The predicted molar refractivity (Wildman–Crippen MR) is 87.7 cm³/mol. The van der Waals surface area contributed by atoms with E-state index >= 15 is 0 Å². The molecule has 1 aliphatic heterocycles. The quantitative estimate of drug-likeness (QED) is 0.865. The molecular formula is C15H19N5O2S. The third kappa shape index (κ3) is 3.48. The van der Waals surface area contributed by atoms with E-state index in [-0.39, 0.29) is 12.5 Å². The van der Waals surface area contributed by atoms with Gasteiger partial charge < -0.3 is 15.3 Å². The zero-order valence-electron chi connectivity index (χ0n) is 13.1. The summed E-state index contributed by atoms with van der Waals surface area (Å²) in [5, 5.41) is 14.4. The molecule has 3 heterocycles. The van der Waals surface area contributed by atoms with Gasteiger partial charge in [-0.3, -0.25) is 9.78 Å². The van der Waals surface area contributed by atoms with E-state index in [1.165, 1.54) is 11.3 Å². The average Bonchev–Trinajstić information content (AvgIpc) is 3.09. The van der Waals surface area contributed by atoms with Crippen molar-refractivity contribution in [2.45, 2.75) is 25.9 Å². The minimum Gasteiger partial charge on any atom is -0.386 e. The summed E-state index contributed by atoms with van der Waals surface area (Å²) >= 11 is 1.37. The van der Waals surface area contributed by atoms with E-state index < -0.39 is 5.60 Å². The lowest BCUT2D eigenvalue weighted by molar-refractivity contribution is 0.0576. The van der Waals surface area contributed by atoms with Crippen molar-refractivity contribution in [2.24, 2.45) is 0 Å². The Labute approximate surface area is 138 Å². The fourth-order valence-corrected chi connectivity index (χ4v) is 3.55. The van der Waals surface area contributed by atoms with Crippen LogP contribution in [0.4, 0.5) is 5.82 Å². The van der Waals surface area contributed by atoms with Crippen molar-refractivity contribution in [3.05, 3.63) is 34.2 Å². The Morgan fingerprint density at radius 1 is 1.48 bits per heavy atom. The Bertz CT molecular complexity index is 705. The summed E-state index contributed by atoms with van der Waals surface area (Å²) in [6.07, 6.45) is 5.49. The van der Waals surface area contributed by atoms with Gasteiger partial charge in [0.1, 0.15) is 16.3 Å². The molecule has 1 atom stereocenters. The highest BCUT2D eigenvalue weighted by atomic mass is 32.1. The number of β-amino-alcohol motifs (C(OH)–C–C–N with tert-alkyl or cyclic N) is 1. The van der Waals surface area contributed by atoms with Crippen LogP contribution in [0.3, 0.4) is 0 Å². The minimum atomic E-state index is -0.958. The summed E-state index contributed by atoms with van der Waals surface area (Å²) in [7, 11) is 0. The van der Waals surface area contributed by atoms with E-state index in [2.05, 4.69) is 20.3 Å². The van der Waals surface area contributed by atoms with Gasteiger partial charge in [0.25, 0.3) is 5.91 Å². The number of carbonyl (C=O) groups excluding carboxylic acids is 1. The van der Waals surface area contributed by atoms with Crippen molar-refractivity contribution in [3.63, 3.8) is 0 Å². The van der Waals surface area contributed by atoms with Crippen molar-refractivity contribution >= 4 is 23.1 Å². The van der Waals surface area contributed by atoms with Crippen molar-refractivity contribution in [3.8, 4) is 0 Å². The van der Waals surface area contributed by atoms with Crippen LogP contribution in [0.15, 0.2) is 18.6 Å². The van der Waals surface area contributed by atoms with Gasteiger partial charge in [0.2, 0.25) is 0 Å². The first-order valence-electron chi connectivity index (χ1n) is 7.42. The second kappa shape index (κ2) is 6.21. The standard InChI is InChI=1S/C15H19N5O2S/c1-10-13(23-11(2)19-10)14(21)18-8-15(22)3-6-20(9-15)12-7-16-4-5-17-12/h4-5,7,22H,3,6,8-9H2,1-2H3,(H,18,21). The molecule has 0 aromatic carbocycles. The van der Waals surface area contributed by atoms with Gasteiger partial charge in [-0.1, -0.05) is 0 Å². The van der Waals surface area contributed by atoms with E-state index in [0.717, 1.165) is 16.5 Å². The number of nitrogens with one attached hydrogen (secondary N) is 1. The Balaban J connectivity index is 1.60. The third-order valence-electron chi connectivity index (χ3n) is 3.89. The Morgan fingerprint density at radius 3 is 2.96 bits per heavy atom. The number of carbonyl (C=O) groups is 1.